The molecule has 1 unspecified atom stereocenters. The van der Waals surface area contributed by atoms with Gasteiger partial charge in [0.05, 0.1) is 12.6 Å². The summed E-state index contributed by atoms with van der Waals surface area (Å²) in [5, 5.41) is 2.04. The van der Waals surface area contributed by atoms with Crippen molar-refractivity contribution in [2.45, 2.75) is 18.9 Å². The van der Waals surface area contributed by atoms with E-state index in [0.717, 1.165) is 0 Å². The van der Waals surface area contributed by atoms with Gasteiger partial charge < -0.3 is 15.8 Å². The van der Waals surface area contributed by atoms with E-state index < -0.39 is 23.8 Å². The van der Waals surface area contributed by atoms with E-state index >= 15 is 0 Å². The zero-order valence-corrected chi connectivity index (χ0v) is 11.0. The van der Waals surface area contributed by atoms with Crippen molar-refractivity contribution in [1.82, 2.24) is 10.3 Å². The molecule has 110 valence electrons. The van der Waals surface area contributed by atoms with Gasteiger partial charge in [0, 0.05) is 19.0 Å². The van der Waals surface area contributed by atoms with Crippen molar-refractivity contribution in [3.8, 4) is 0 Å². The highest BCUT2D eigenvalue weighted by Gasteiger charge is 2.46. The summed E-state index contributed by atoms with van der Waals surface area (Å²) in [6, 6.07) is 2.34. The average molecular weight is 287 g/mol. The highest BCUT2D eigenvalue weighted by Crippen LogP contribution is 2.18. The van der Waals surface area contributed by atoms with Gasteiger partial charge in [-0.25, -0.2) is 0 Å². The highest BCUT2D eigenvalue weighted by atomic mass is 19.3. The fourth-order valence-corrected chi connectivity index (χ4v) is 1.53. The third-order valence-corrected chi connectivity index (χ3v) is 2.56. The third kappa shape index (κ3) is 3.70. The summed E-state index contributed by atoms with van der Waals surface area (Å²) in [5.74, 6) is -8.03. The monoisotopic (exact) mass is 287 g/mol. The number of ether oxygens (including phenoxy) is 1. The number of pyridine rings is 1. The smallest absolute Gasteiger partial charge is 0.382 e. The molecule has 1 heterocycles. The largest absolute Gasteiger partial charge is 0.400 e. The van der Waals surface area contributed by atoms with Crippen molar-refractivity contribution < 1.29 is 23.1 Å². The van der Waals surface area contributed by atoms with Crippen LogP contribution in [0.4, 0.5) is 8.78 Å². The second-order valence-electron chi connectivity index (χ2n) is 4.15. The molecule has 0 aliphatic carbocycles. The molecule has 0 aliphatic heterocycles. The van der Waals surface area contributed by atoms with Crippen LogP contribution in [0.2, 0.25) is 0 Å². The molecule has 0 radical (unpaired) electrons. The number of hydrogen-bond donors (Lipinski definition) is 2. The second-order valence-corrected chi connectivity index (χ2v) is 4.15. The van der Waals surface area contributed by atoms with Crippen molar-refractivity contribution >= 4 is 11.8 Å². The number of halogens is 2. The standard InChI is InChI=1S/C12H15F2N3O3/c1-7-5-8(3-4-16-7)9(6-20-2)17-11(19)12(13,14)10(15)18/h3-5,9H,6H2,1-2H3,(H2,15,18)(H,17,19). The van der Waals surface area contributed by atoms with Crippen LogP contribution in [0.1, 0.15) is 17.3 Å². The van der Waals surface area contributed by atoms with E-state index in [-0.39, 0.29) is 6.61 Å². The Hall–Kier alpha value is -2.09. The molecule has 0 aromatic carbocycles. The van der Waals surface area contributed by atoms with Crippen LogP contribution in [-0.4, -0.2) is 36.4 Å². The summed E-state index contributed by atoms with van der Waals surface area (Å²) in [6.07, 6.45) is 1.48. The van der Waals surface area contributed by atoms with Crippen molar-refractivity contribution in [3.05, 3.63) is 29.6 Å². The van der Waals surface area contributed by atoms with Crippen LogP contribution in [0, 0.1) is 6.92 Å². The Morgan fingerprint density at radius 1 is 1.55 bits per heavy atom. The number of amides is 2. The van der Waals surface area contributed by atoms with Gasteiger partial charge in [0.15, 0.2) is 0 Å². The predicted octanol–water partition coefficient (Wildman–Crippen LogP) is 0.314. The van der Waals surface area contributed by atoms with Crippen molar-refractivity contribution in [2.75, 3.05) is 13.7 Å². The van der Waals surface area contributed by atoms with Gasteiger partial charge in [-0.2, -0.15) is 8.78 Å². The number of aromatic nitrogens is 1. The molecule has 8 heteroatoms. The summed E-state index contributed by atoms with van der Waals surface area (Å²) >= 11 is 0. The molecule has 1 rings (SSSR count). The number of rotatable bonds is 6. The quantitative estimate of drug-likeness (QED) is 0.736. The van der Waals surface area contributed by atoms with E-state index in [0.29, 0.717) is 11.3 Å². The summed E-state index contributed by atoms with van der Waals surface area (Å²) < 4.78 is 31.3. The fraction of sp³-hybridized carbons (Fsp3) is 0.417. The van der Waals surface area contributed by atoms with Crippen molar-refractivity contribution in [1.29, 1.82) is 0 Å². The minimum absolute atomic E-state index is 0.0377. The lowest BCUT2D eigenvalue weighted by Crippen LogP contribution is -2.50. The van der Waals surface area contributed by atoms with Crippen LogP contribution in [0.5, 0.6) is 0 Å². The molecule has 0 fully saturated rings. The van der Waals surface area contributed by atoms with Gasteiger partial charge in [-0.1, -0.05) is 0 Å². The molecule has 3 N–H and O–H groups in total. The topological polar surface area (TPSA) is 94.3 Å². The van der Waals surface area contributed by atoms with Gasteiger partial charge in [-0.3, -0.25) is 14.6 Å². The maximum absolute atomic E-state index is 13.2. The van der Waals surface area contributed by atoms with E-state index in [1.807, 2.05) is 5.32 Å². The van der Waals surface area contributed by atoms with Gasteiger partial charge in [-0.05, 0) is 24.6 Å². The first-order chi connectivity index (χ1) is 9.28. The Morgan fingerprint density at radius 2 is 2.20 bits per heavy atom. The molecule has 0 saturated heterocycles. The third-order valence-electron chi connectivity index (χ3n) is 2.56. The summed E-state index contributed by atoms with van der Waals surface area (Å²) in [5.41, 5.74) is 5.68. The Bertz CT molecular complexity index is 508. The Kier molecular flexibility index (Phi) is 5.09. The number of carbonyl (C=O) groups is 2. The fourth-order valence-electron chi connectivity index (χ4n) is 1.53. The Morgan fingerprint density at radius 3 is 2.70 bits per heavy atom. The number of alkyl halides is 2. The normalized spacial score (nSPS) is 12.8. The van der Waals surface area contributed by atoms with E-state index in [1.165, 1.54) is 13.3 Å². The number of aryl methyl sites for hydroxylation is 1. The van der Waals surface area contributed by atoms with Gasteiger partial charge in [-0.15, -0.1) is 0 Å². The zero-order valence-electron chi connectivity index (χ0n) is 11.0. The van der Waals surface area contributed by atoms with Gasteiger partial charge in [0.25, 0.3) is 5.91 Å². The maximum Gasteiger partial charge on any atom is 0.400 e. The van der Waals surface area contributed by atoms with Crippen LogP contribution in [-0.2, 0) is 14.3 Å². The first kappa shape index (κ1) is 16.0. The number of hydrogen-bond acceptors (Lipinski definition) is 4. The number of nitrogens with zero attached hydrogens (tertiary/aromatic N) is 1. The molecule has 0 bridgehead atoms. The minimum Gasteiger partial charge on any atom is -0.382 e. The molecule has 0 spiro atoms. The number of nitrogens with two attached hydrogens (primary N) is 1. The van der Waals surface area contributed by atoms with E-state index in [9.17, 15) is 18.4 Å². The lowest BCUT2D eigenvalue weighted by atomic mass is 10.1. The van der Waals surface area contributed by atoms with Crippen molar-refractivity contribution in [2.24, 2.45) is 5.73 Å². The zero-order chi connectivity index (χ0) is 15.3. The number of methoxy groups -OCH3 is 1. The summed E-state index contributed by atoms with van der Waals surface area (Å²) in [7, 11) is 1.36. The molecule has 1 atom stereocenters. The average Bonchev–Trinajstić information content (AvgIpc) is 2.37. The lowest BCUT2D eigenvalue weighted by Gasteiger charge is -2.21. The van der Waals surface area contributed by atoms with E-state index in [2.05, 4.69) is 10.7 Å². The Labute approximate surface area is 114 Å². The molecular weight excluding hydrogens is 272 g/mol. The van der Waals surface area contributed by atoms with E-state index in [1.54, 1.807) is 19.1 Å². The van der Waals surface area contributed by atoms with Crippen LogP contribution >= 0.6 is 0 Å². The van der Waals surface area contributed by atoms with Gasteiger partial charge in [0.1, 0.15) is 0 Å². The highest BCUT2D eigenvalue weighted by molar-refractivity contribution is 6.05. The molecule has 0 saturated carbocycles. The summed E-state index contributed by atoms with van der Waals surface area (Å²) in [6.45, 7) is 1.68. The second kappa shape index (κ2) is 6.38. The van der Waals surface area contributed by atoms with Crippen molar-refractivity contribution in [3.63, 3.8) is 0 Å². The SMILES string of the molecule is COCC(NC(=O)C(F)(F)C(N)=O)c1ccnc(C)c1. The van der Waals surface area contributed by atoms with Gasteiger partial charge in [0.2, 0.25) is 0 Å². The molecule has 1 aromatic rings. The molecule has 0 aliphatic rings. The molecule has 6 nitrogen and oxygen atoms in total. The van der Waals surface area contributed by atoms with Crippen LogP contribution in [0.25, 0.3) is 0 Å². The minimum atomic E-state index is -4.27. The van der Waals surface area contributed by atoms with Crippen LogP contribution in [0.15, 0.2) is 18.3 Å². The number of carbonyl (C=O) groups excluding carboxylic acids is 2. The lowest BCUT2D eigenvalue weighted by molar-refractivity contribution is -0.158. The predicted molar refractivity (Wildman–Crippen MR) is 65.9 cm³/mol. The number of nitrogens with one attached hydrogen (secondary N) is 1. The Balaban J connectivity index is 2.94. The molecule has 1 aromatic heterocycles. The van der Waals surface area contributed by atoms with Crippen LogP contribution in [0.3, 0.4) is 0 Å². The molecule has 20 heavy (non-hydrogen) atoms. The summed E-state index contributed by atoms with van der Waals surface area (Å²) in [4.78, 5) is 25.9. The first-order valence-electron chi connectivity index (χ1n) is 5.69. The molecular formula is C12H15F2N3O3. The number of primary amides is 1. The maximum atomic E-state index is 13.2. The van der Waals surface area contributed by atoms with E-state index in [4.69, 9.17) is 4.74 Å². The van der Waals surface area contributed by atoms with Gasteiger partial charge >= 0.3 is 11.8 Å². The van der Waals surface area contributed by atoms with Crippen LogP contribution < -0.4 is 11.1 Å². The molecule has 2 amide bonds. The first-order valence-corrected chi connectivity index (χ1v) is 5.69.